The van der Waals surface area contributed by atoms with Crippen LogP contribution in [0.4, 0.5) is 17.1 Å². The zero-order chi connectivity index (χ0) is 60.9. The number of rotatable bonds is 8. The van der Waals surface area contributed by atoms with Gasteiger partial charge >= 0.3 is 0 Å². The van der Waals surface area contributed by atoms with Gasteiger partial charge in [-0.3, -0.25) is 4.57 Å². The first-order chi connectivity index (χ1) is 43.7. The van der Waals surface area contributed by atoms with Crippen molar-refractivity contribution in [3.63, 3.8) is 0 Å². The van der Waals surface area contributed by atoms with Crippen molar-refractivity contribution in [1.29, 1.82) is 0 Å². The first kappa shape index (κ1) is 53.4. The monoisotopic (exact) mass is 1170 g/mol. The molecule has 0 amide bonds. The fraction of sp³-hybridized carbons (Fsp3) is 0.134. The van der Waals surface area contributed by atoms with Gasteiger partial charge in [0.05, 0.1) is 79.2 Å². The van der Waals surface area contributed by atoms with E-state index < -0.39 is 0 Å². The molecule has 6 heterocycles. The third kappa shape index (κ3) is 8.24. The number of para-hydroxylation sites is 7. The summed E-state index contributed by atoms with van der Waals surface area (Å²) in [4.78, 5) is 10.3. The van der Waals surface area contributed by atoms with E-state index in [2.05, 4.69) is 332 Å². The maximum Gasteiger partial charge on any atom is 0.137 e. The molecule has 0 unspecified atom stereocenters. The third-order valence-electron chi connectivity index (χ3n) is 19.0. The highest BCUT2D eigenvalue weighted by molar-refractivity contribution is 6.14. The molecule has 5 aromatic heterocycles. The van der Waals surface area contributed by atoms with Crippen molar-refractivity contribution in [1.82, 2.24) is 23.3 Å². The van der Waals surface area contributed by atoms with Gasteiger partial charge in [-0.2, -0.15) is 0 Å². The Hall–Kier alpha value is -10.8. The summed E-state index contributed by atoms with van der Waals surface area (Å²) in [5, 5.41) is 9.61. The standard InChI is InChI=1S/C82H67N7O/c1-51-42-79(83-49-66(51)80-76(87-67-27-14-9-22-58(67)59-23-10-15-28-68(59)87)34-21-35-77(80)88-69-29-16-11-24-60(69)61-25-12-17-30-70(61)88)89-71-31-18-13-26-62(71)63-39-38-56(48-78(63)89)90-57-46-54(85-50-84(8)74-32-19-20-33-75(74)85)45-55(47-57)86-72-40-36-52(81(2,3)4)43-64(72)65-44-53(82(5,6)7)37-41-73(65)86/h9-49H,50H2,1-8H3. The van der Waals surface area contributed by atoms with E-state index in [4.69, 9.17) is 9.72 Å². The minimum absolute atomic E-state index is 0.0216. The number of pyridine rings is 1. The number of fused-ring (bicyclic) bond motifs is 13. The zero-order valence-electron chi connectivity index (χ0n) is 51.9. The van der Waals surface area contributed by atoms with Gasteiger partial charge < -0.3 is 28.2 Å². The van der Waals surface area contributed by atoms with Crippen LogP contribution in [-0.2, 0) is 10.8 Å². The first-order valence-corrected chi connectivity index (χ1v) is 31.3. The van der Waals surface area contributed by atoms with Crippen molar-refractivity contribution >= 4 is 104 Å². The molecule has 1 aliphatic rings. The second-order valence-corrected chi connectivity index (χ2v) is 26.6. The first-order valence-electron chi connectivity index (χ1n) is 31.3. The van der Waals surface area contributed by atoms with E-state index in [0.717, 1.165) is 117 Å². The number of aromatic nitrogens is 5. The lowest BCUT2D eigenvalue weighted by Gasteiger charge is -2.22. The van der Waals surface area contributed by atoms with Crippen LogP contribution in [0.5, 0.6) is 11.5 Å². The van der Waals surface area contributed by atoms with Gasteiger partial charge in [-0.25, -0.2) is 4.98 Å². The number of benzene rings is 11. The van der Waals surface area contributed by atoms with Gasteiger partial charge in [-0.1, -0.05) is 163 Å². The van der Waals surface area contributed by atoms with Gasteiger partial charge in [-0.15, -0.1) is 0 Å². The Labute approximate surface area is 523 Å². The second kappa shape index (κ2) is 19.8. The van der Waals surface area contributed by atoms with Crippen LogP contribution in [0.2, 0.25) is 0 Å². The van der Waals surface area contributed by atoms with Crippen LogP contribution in [-0.4, -0.2) is 37.0 Å². The fourth-order valence-electron chi connectivity index (χ4n) is 14.6. The smallest absolute Gasteiger partial charge is 0.137 e. The van der Waals surface area contributed by atoms with E-state index in [-0.39, 0.29) is 10.8 Å². The van der Waals surface area contributed by atoms with Crippen molar-refractivity contribution in [2.75, 3.05) is 23.5 Å². The molecule has 16 aromatic rings. The van der Waals surface area contributed by atoms with Crippen molar-refractivity contribution in [2.45, 2.75) is 59.3 Å². The Morgan fingerprint density at radius 1 is 0.356 bits per heavy atom. The number of nitrogens with zero attached hydrogens (tertiary/aromatic N) is 7. The summed E-state index contributed by atoms with van der Waals surface area (Å²) in [6.07, 6.45) is 2.11. The molecule has 0 spiro atoms. The number of ether oxygens (including phenoxy) is 1. The molecule has 8 heteroatoms. The van der Waals surface area contributed by atoms with Crippen LogP contribution in [0.3, 0.4) is 0 Å². The van der Waals surface area contributed by atoms with Crippen LogP contribution in [0, 0.1) is 6.92 Å². The van der Waals surface area contributed by atoms with E-state index in [1.165, 1.54) is 49.1 Å². The molecular formula is C82H67N7O. The van der Waals surface area contributed by atoms with Crippen LogP contribution in [0.15, 0.2) is 249 Å². The van der Waals surface area contributed by atoms with E-state index >= 15 is 0 Å². The maximum absolute atomic E-state index is 7.31. The quantitative estimate of drug-likeness (QED) is 0.152. The molecule has 0 aliphatic carbocycles. The molecule has 0 fully saturated rings. The number of anilines is 3. The van der Waals surface area contributed by atoms with E-state index in [0.29, 0.717) is 6.67 Å². The molecule has 0 atom stereocenters. The van der Waals surface area contributed by atoms with Crippen molar-refractivity contribution in [2.24, 2.45) is 0 Å². The third-order valence-corrected chi connectivity index (χ3v) is 19.0. The van der Waals surface area contributed by atoms with Crippen LogP contribution >= 0.6 is 0 Å². The SMILES string of the molecule is Cc1cc(-n2c3ccccc3c3ccc(Oc4cc(N5CN(C)c6ccccc65)cc(-n5c6ccc(C(C)(C)C)cc6c6cc(C(C)(C)C)ccc65)c4)cc32)ncc1-c1c(-n2c3ccccc3c3ccccc32)cccc1-n1c2ccccc2c2ccccc21. The highest BCUT2D eigenvalue weighted by atomic mass is 16.5. The van der Waals surface area contributed by atoms with Gasteiger partial charge in [-0.05, 0) is 138 Å². The Morgan fingerprint density at radius 2 is 0.800 bits per heavy atom. The fourth-order valence-corrected chi connectivity index (χ4v) is 14.6. The van der Waals surface area contributed by atoms with Gasteiger partial charge in [0, 0.05) is 91.3 Å². The molecular weight excluding hydrogens is 1100 g/mol. The molecule has 0 saturated heterocycles. The van der Waals surface area contributed by atoms with E-state index in [1.54, 1.807) is 0 Å². The molecule has 0 saturated carbocycles. The van der Waals surface area contributed by atoms with Crippen molar-refractivity contribution < 1.29 is 4.74 Å². The lowest BCUT2D eigenvalue weighted by molar-refractivity contribution is 0.483. The summed E-state index contributed by atoms with van der Waals surface area (Å²) < 4.78 is 17.0. The largest absolute Gasteiger partial charge is 0.457 e. The molecule has 0 radical (unpaired) electrons. The van der Waals surface area contributed by atoms with E-state index in [9.17, 15) is 0 Å². The molecule has 0 bridgehead atoms. The minimum atomic E-state index is -0.0216. The summed E-state index contributed by atoms with van der Waals surface area (Å²) in [6.45, 7) is 16.7. The summed E-state index contributed by atoms with van der Waals surface area (Å²) in [6, 6.07) is 88.9. The predicted molar refractivity (Wildman–Crippen MR) is 378 cm³/mol. The highest BCUT2D eigenvalue weighted by Gasteiger charge is 2.29. The topological polar surface area (TPSA) is 48.3 Å². The Bertz CT molecular complexity index is 5330. The average Bonchev–Trinajstić information content (AvgIpc) is 1.56. The van der Waals surface area contributed by atoms with Crippen LogP contribution < -0.4 is 14.5 Å². The molecule has 90 heavy (non-hydrogen) atoms. The number of hydrogen-bond acceptors (Lipinski definition) is 4. The Balaban J connectivity index is 0.841. The number of aryl methyl sites for hydroxylation is 1. The number of hydrogen-bond donors (Lipinski definition) is 0. The lowest BCUT2D eigenvalue weighted by atomic mass is 9.85. The Kier molecular flexibility index (Phi) is 11.8. The van der Waals surface area contributed by atoms with Crippen LogP contribution in [0.1, 0.15) is 58.2 Å². The molecule has 0 N–H and O–H groups in total. The summed E-state index contributed by atoms with van der Waals surface area (Å²) >= 11 is 0. The summed E-state index contributed by atoms with van der Waals surface area (Å²) in [5.74, 6) is 2.29. The lowest BCUT2D eigenvalue weighted by Crippen LogP contribution is -2.24. The van der Waals surface area contributed by atoms with Gasteiger partial charge in [0.15, 0.2) is 0 Å². The van der Waals surface area contributed by atoms with E-state index in [1.807, 2.05) is 0 Å². The molecule has 1 aliphatic heterocycles. The van der Waals surface area contributed by atoms with Crippen LogP contribution in [0.25, 0.3) is 121 Å². The van der Waals surface area contributed by atoms with Gasteiger partial charge in [0.25, 0.3) is 0 Å². The van der Waals surface area contributed by atoms with Gasteiger partial charge in [0.1, 0.15) is 17.3 Å². The second-order valence-electron chi connectivity index (χ2n) is 26.6. The minimum Gasteiger partial charge on any atom is -0.457 e. The molecule has 17 rings (SSSR count). The summed E-state index contributed by atoms with van der Waals surface area (Å²) in [7, 11) is 2.17. The average molecular weight is 1170 g/mol. The van der Waals surface area contributed by atoms with Crippen molar-refractivity contribution in [3.8, 4) is 45.5 Å². The Morgan fingerprint density at radius 3 is 1.31 bits per heavy atom. The normalized spacial score (nSPS) is 13.0. The maximum atomic E-state index is 7.31. The van der Waals surface area contributed by atoms with Crippen molar-refractivity contribution in [3.05, 3.63) is 266 Å². The molecule has 436 valence electrons. The summed E-state index contributed by atoms with van der Waals surface area (Å²) in [5.41, 5.74) is 21.4. The van der Waals surface area contributed by atoms with Gasteiger partial charge in [0.2, 0.25) is 0 Å². The molecule has 8 nitrogen and oxygen atoms in total. The molecule has 11 aromatic carbocycles. The highest BCUT2D eigenvalue weighted by Crippen LogP contribution is 2.47. The predicted octanol–water partition coefficient (Wildman–Crippen LogP) is 21.4. The zero-order valence-corrected chi connectivity index (χ0v) is 51.9.